The number of unbranched alkanes of at least 4 members (excludes halogenated alkanes) is 4. The van der Waals surface area contributed by atoms with Gasteiger partial charge in [0.1, 0.15) is 0 Å². The molecule has 0 rings (SSSR count). The van der Waals surface area contributed by atoms with Crippen molar-refractivity contribution in [2.75, 3.05) is 24.6 Å². The van der Waals surface area contributed by atoms with Crippen LogP contribution < -0.4 is 0 Å². The zero-order valence-electron chi connectivity index (χ0n) is 15.4. The molecule has 7 heteroatoms. The molecule has 0 spiro atoms. The molecule has 0 aliphatic rings. The SMILES string of the molecule is CCCC[PH](CCCC)(CCCC)CCCC.F.F.F.F.F.F. The van der Waals surface area contributed by atoms with Crippen molar-refractivity contribution in [2.45, 2.75) is 79.1 Å². The second-order valence-electron chi connectivity index (χ2n) is 5.91. The van der Waals surface area contributed by atoms with Crippen molar-refractivity contribution in [3.8, 4) is 0 Å². The average molecular weight is 380 g/mol. The maximum absolute atomic E-state index is 2.36. The van der Waals surface area contributed by atoms with E-state index in [-0.39, 0.29) is 28.2 Å². The van der Waals surface area contributed by atoms with Gasteiger partial charge in [0.2, 0.25) is 0 Å². The summed E-state index contributed by atoms with van der Waals surface area (Å²) in [6, 6.07) is 0. The largest absolute Gasteiger partial charge is 0.269 e. The Kier molecular flexibility index (Phi) is 56.6. The summed E-state index contributed by atoms with van der Waals surface area (Å²) in [5.74, 6) is 0. The number of rotatable bonds is 12. The first-order valence-electron chi connectivity index (χ1n) is 8.24. The van der Waals surface area contributed by atoms with Gasteiger partial charge in [-0.2, -0.15) is 0 Å². The van der Waals surface area contributed by atoms with Gasteiger partial charge in [-0.15, -0.1) is 0 Å². The fourth-order valence-electron chi connectivity index (χ4n) is 2.96. The summed E-state index contributed by atoms with van der Waals surface area (Å²) in [5.41, 5.74) is 0. The van der Waals surface area contributed by atoms with Crippen LogP contribution in [-0.4, -0.2) is 24.6 Å². The third kappa shape index (κ3) is 22.0. The summed E-state index contributed by atoms with van der Waals surface area (Å²) in [4.78, 5) is 0. The molecule has 0 nitrogen and oxygen atoms in total. The van der Waals surface area contributed by atoms with E-state index in [1.807, 2.05) is 0 Å². The standard InChI is InChI=1S/C16H37P.6FH/c1-5-9-13-17(14-10-6-2,15-11-7-3)16-12-8-4;;;;;;/h17H,5-16H2,1-4H3;6*1H. The Labute approximate surface area is 140 Å². The fourth-order valence-corrected chi connectivity index (χ4v) is 8.87. The molecule has 0 aromatic rings. The van der Waals surface area contributed by atoms with Crippen LogP contribution >= 0.6 is 7.26 Å². The van der Waals surface area contributed by atoms with Gasteiger partial charge in [-0.25, -0.2) is 0 Å². The van der Waals surface area contributed by atoms with Gasteiger partial charge in [0.25, 0.3) is 0 Å². The Balaban J connectivity index is -0.0000000853. The Morgan fingerprint density at radius 2 is 0.565 bits per heavy atom. The molecule has 0 saturated carbocycles. The third-order valence-corrected chi connectivity index (χ3v) is 9.90. The van der Waals surface area contributed by atoms with Crippen molar-refractivity contribution in [3.05, 3.63) is 0 Å². The molecule has 0 amide bonds. The molecule has 154 valence electrons. The van der Waals surface area contributed by atoms with Gasteiger partial charge in [0.15, 0.2) is 0 Å². The molecule has 0 aliphatic carbocycles. The first-order chi connectivity index (χ1) is 8.24. The predicted molar refractivity (Wildman–Crippen MR) is 102 cm³/mol. The van der Waals surface area contributed by atoms with Crippen molar-refractivity contribution in [1.29, 1.82) is 0 Å². The summed E-state index contributed by atoms with van der Waals surface area (Å²) in [5, 5.41) is 0. The predicted octanol–water partition coefficient (Wildman–Crippen LogP) is 6.85. The zero-order chi connectivity index (χ0) is 13.0. The molecule has 0 aliphatic heterocycles. The first kappa shape index (κ1) is 43.5. The molecule has 23 heavy (non-hydrogen) atoms. The van der Waals surface area contributed by atoms with Gasteiger partial charge in [-0.05, 0) is 0 Å². The van der Waals surface area contributed by atoms with Crippen molar-refractivity contribution in [1.82, 2.24) is 0 Å². The van der Waals surface area contributed by atoms with E-state index in [1.165, 1.54) is 51.4 Å². The summed E-state index contributed by atoms with van der Waals surface area (Å²) >= 11 is 0. The first-order valence-corrected chi connectivity index (χ1v) is 11.1. The Morgan fingerprint density at radius 1 is 0.391 bits per heavy atom. The summed E-state index contributed by atoms with van der Waals surface area (Å²) in [6.07, 6.45) is 18.1. The molecule has 0 radical (unpaired) electrons. The maximum atomic E-state index is 2.36. The van der Waals surface area contributed by atoms with E-state index >= 15 is 0 Å². The molecule has 0 atom stereocenters. The Morgan fingerprint density at radius 3 is 0.696 bits per heavy atom. The normalized spacial score (nSPS) is 9.57. The molecule has 0 saturated heterocycles. The van der Waals surface area contributed by atoms with Gasteiger partial charge in [0.05, 0.1) is 0 Å². The average Bonchev–Trinajstić information content (AvgIpc) is 2.37. The number of hydrogen-bond acceptors (Lipinski definition) is 0. The molecule has 0 fully saturated rings. The van der Waals surface area contributed by atoms with Crippen molar-refractivity contribution >= 4 is 7.26 Å². The quantitative estimate of drug-likeness (QED) is 0.256. The Bertz CT molecular complexity index is 135. The topological polar surface area (TPSA) is 0 Å². The van der Waals surface area contributed by atoms with Crippen LogP contribution in [0, 0.1) is 0 Å². The molecule has 0 heterocycles. The van der Waals surface area contributed by atoms with E-state index in [0.717, 1.165) is 0 Å². The number of hydrogen-bond donors (Lipinski definition) is 0. The van der Waals surface area contributed by atoms with Crippen LogP contribution in [0.25, 0.3) is 0 Å². The summed E-state index contributed by atoms with van der Waals surface area (Å²) < 4.78 is 0. The van der Waals surface area contributed by atoms with Crippen LogP contribution in [0.4, 0.5) is 28.2 Å². The second-order valence-corrected chi connectivity index (χ2v) is 10.9. The van der Waals surface area contributed by atoms with E-state index in [4.69, 9.17) is 0 Å². The van der Waals surface area contributed by atoms with Gasteiger partial charge < -0.3 is 0 Å². The molecular weight excluding hydrogens is 337 g/mol. The fraction of sp³-hybridized carbons (Fsp3) is 1.00. The van der Waals surface area contributed by atoms with E-state index in [2.05, 4.69) is 27.7 Å². The molecular formula is C16H43F6P. The number of halogens is 6. The van der Waals surface area contributed by atoms with Crippen LogP contribution in [0.2, 0.25) is 0 Å². The zero-order valence-corrected chi connectivity index (χ0v) is 16.4. The van der Waals surface area contributed by atoms with Crippen LogP contribution in [0.5, 0.6) is 0 Å². The van der Waals surface area contributed by atoms with Gasteiger partial charge in [0, 0.05) is 0 Å². The van der Waals surface area contributed by atoms with Gasteiger partial charge >= 0.3 is 111 Å². The van der Waals surface area contributed by atoms with Crippen molar-refractivity contribution in [3.63, 3.8) is 0 Å². The van der Waals surface area contributed by atoms with Crippen molar-refractivity contribution < 1.29 is 28.2 Å². The molecule has 0 aromatic carbocycles. The van der Waals surface area contributed by atoms with Crippen LogP contribution in [0.1, 0.15) is 79.1 Å². The monoisotopic (exact) mass is 380 g/mol. The van der Waals surface area contributed by atoms with Crippen molar-refractivity contribution in [2.24, 2.45) is 0 Å². The van der Waals surface area contributed by atoms with Crippen LogP contribution in [-0.2, 0) is 0 Å². The molecule has 0 unspecified atom stereocenters. The van der Waals surface area contributed by atoms with Crippen LogP contribution in [0.15, 0.2) is 0 Å². The molecule has 0 bridgehead atoms. The van der Waals surface area contributed by atoms with Crippen LogP contribution in [0.3, 0.4) is 0 Å². The minimum absolute atomic E-state index is 0. The minimum Gasteiger partial charge on any atom is -0.269 e. The third-order valence-electron chi connectivity index (χ3n) is 4.24. The van der Waals surface area contributed by atoms with E-state index in [1.54, 1.807) is 24.6 Å². The van der Waals surface area contributed by atoms with E-state index < -0.39 is 7.26 Å². The van der Waals surface area contributed by atoms with E-state index in [9.17, 15) is 0 Å². The van der Waals surface area contributed by atoms with Gasteiger partial charge in [-0.1, -0.05) is 0 Å². The minimum atomic E-state index is -0.879. The smallest absolute Gasteiger partial charge is 0.269 e. The summed E-state index contributed by atoms with van der Waals surface area (Å²) in [7, 11) is -0.879. The van der Waals surface area contributed by atoms with E-state index in [0.29, 0.717) is 0 Å². The second kappa shape index (κ2) is 30.0. The Hall–Kier alpha value is 0.01000. The molecule has 0 N–H and O–H groups in total. The summed E-state index contributed by atoms with van der Waals surface area (Å²) in [6.45, 7) is 9.44. The van der Waals surface area contributed by atoms with Gasteiger partial charge in [-0.3, -0.25) is 28.2 Å². The maximum Gasteiger partial charge on any atom is -0.269 e. The molecule has 0 aromatic heterocycles.